The molecule has 0 aromatic heterocycles. The van der Waals surface area contributed by atoms with Crippen LogP contribution in [0.3, 0.4) is 0 Å². The molecule has 0 saturated carbocycles. The molecule has 21 heavy (non-hydrogen) atoms. The highest BCUT2D eigenvalue weighted by Gasteiger charge is 2.24. The van der Waals surface area contributed by atoms with Crippen molar-refractivity contribution in [1.82, 2.24) is 4.90 Å². The molecule has 1 N–H and O–H groups in total. The average Bonchev–Trinajstić information content (AvgIpc) is 2.46. The SMILES string of the molecule is CC(C)Oc1ccc(C(CC(=O)O)N2CCOCC2)cc1. The predicted molar refractivity (Wildman–Crippen MR) is 79.6 cm³/mol. The van der Waals surface area contributed by atoms with Crippen LogP contribution in [0, 0.1) is 0 Å². The smallest absolute Gasteiger partial charge is 0.305 e. The Morgan fingerprint density at radius 2 is 1.90 bits per heavy atom. The summed E-state index contributed by atoms with van der Waals surface area (Å²) in [5.41, 5.74) is 1.01. The second-order valence-electron chi connectivity index (χ2n) is 5.50. The minimum atomic E-state index is -0.783. The van der Waals surface area contributed by atoms with E-state index in [2.05, 4.69) is 4.90 Å². The summed E-state index contributed by atoms with van der Waals surface area (Å²) in [6.07, 6.45) is 0.231. The molecule has 0 radical (unpaired) electrons. The van der Waals surface area contributed by atoms with E-state index >= 15 is 0 Å². The lowest BCUT2D eigenvalue weighted by molar-refractivity contribution is -0.139. The lowest BCUT2D eigenvalue weighted by Gasteiger charge is -2.34. The van der Waals surface area contributed by atoms with Crippen LogP contribution in [-0.4, -0.2) is 48.4 Å². The van der Waals surface area contributed by atoms with Crippen LogP contribution in [0.1, 0.15) is 31.9 Å². The van der Waals surface area contributed by atoms with Gasteiger partial charge in [0.15, 0.2) is 0 Å². The number of benzene rings is 1. The van der Waals surface area contributed by atoms with Gasteiger partial charge < -0.3 is 14.6 Å². The zero-order valence-electron chi connectivity index (χ0n) is 12.6. The number of carboxylic acid groups (broad SMARTS) is 1. The van der Waals surface area contributed by atoms with Crippen LogP contribution in [-0.2, 0) is 9.53 Å². The van der Waals surface area contributed by atoms with Gasteiger partial charge in [-0.05, 0) is 31.5 Å². The van der Waals surface area contributed by atoms with Gasteiger partial charge in [0.25, 0.3) is 0 Å². The molecule has 5 heteroatoms. The predicted octanol–water partition coefficient (Wildman–Crippen LogP) is 2.32. The van der Waals surface area contributed by atoms with Crippen LogP contribution in [0.5, 0.6) is 5.75 Å². The van der Waals surface area contributed by atoms with Crippen molar-refractivity contribution >= 4 is 5.97 Å². The topological polar surface area (TPSA) is 59.0 Å². The minimum Gasteiger partial charge on any atom is -0.491 e. The standard InChI is InChI=1S/C16H23NO4/c1-12(2)21-14-5-3-13(4-6-14)15(11-16(18)19)17-7-9-20-10-8-17/h3-6,12,15H,7-11H2,1-2H3,(H,18,19). The molecular formula is C16H23NO4. The van der Waals surface area contributed by atoms with E-state index in [4.69, 9.17) is 14.6 Å². The highest BCUT2D eigenvalue weighted by atomic mass is 16.5. The van der Waals surface area contributed by atoms with Gasteiger partial charge in [0.2, 0.25) is 0 Å². The average molecular weight is 293 g/mol. The number of nitrogens with zero attached hydrogens (tertiary/aromatic N) is 1. The molecule has 1 aromatic carbocycles. The zero-order valence-corrected chi connectivity index (χ0v) is 12.6. The Kier molecular flexibility index (Phi) is 5.59. The largest absolute Gasteiger partial charge is 0.491 e. The van der Waals surface area contributed by atoms with E-state index < -0.39 is 5.97 Å². The summed E-state index contributed by atoms with van der Waals surface area (Å²) < 4.78 is 11.0. The Labute approximate surface area is 125 Å². The highest BCUT2D eigenvalue weighted by Crippen LogP contribution is 2.27. The summed E-state index contributed by atoms with van der Waals surface area (Å²) in [6, 6.07) is 7.62. The Balaban J connectivity index is 2.13. The summed E-state index contributed by atoms with van der Waals surface area (Å²) in [4.78, 5) is 13.3. The van der Waals surface area contributed by atoms with Gasteiger partial charge in [-0.25, -0.2) is 0 Å². The maximum absolute atomic E-state index is 11.2. The first-order chi connectivity index (χ1) is 10.1. The first kappa shape index (κ1) is 15.8. The molecular weight excluding hydrogens is 270 g/mol. The molecule has 0 spiro atoms. The van der Waals surface area contributed by atoms with E-state index in [-0.39, 0.29) is 18.6 Å². The van der Waals surface area contributed by atoms with Crippen molar-refractivity contribution in [2.24, 2.45) is 0 Å². The Morgan fingerprint density at radius 3 is 2.43 bits per heavy atom. The van der Waals surface area contributed by atoms with Crippen LogP contribution in [0.4, 0.5) is 0 Å². The third-order valence-electron chi connectivity index (χ3n) is 3.49. The van der Waals surface area contributed by atoms with Crippen molar-refractivity contribution in [3.63, 3.8) is 0 Å². The third-order valence-corrected chi connectivity index (χ3v) is 3.49. The molecule has 2 rings (SSSR count). The quantitative estimate of drug-likeness (QED) is 0.872. The van der Waals surface area contributed by atoms with E-state index in [1.807, 2.05) is 38.1 Å². The second kappa shape index (κ2) is 7.43. The lowest BCUT2D eigenvalue weighted by Crippen LogP contribution is -2.39. The number of carboxylic acids is 1. The molecule has 0 amide bonds. The van der Waals surface area contributed by atoms with Crippen LogP contribution in [0.25, 0.3) is 0 Å². The molecule has 1 aliphatic heterocycles. The Hall–Kier alpha value is -1.59. The summed E-state index contributed by atoms with van der Waals surface area (Å²) in [5.74, 6) is 0.0267. The second-order valence-corrected chi connectivity index (χ2v) is 5.50. The molecule has 1 heterocycles. The number of hydrogen-bond acceptors (Lipinski definition) is 4. The number of morpholine rings is 1. The van der Waals surface area contributed by atoms with Gasteiger partial charge in [0.1, 0.15) is 5.75 Å². The molecule has 1 aromatic rings. The summed E-state index contributed by atoms with van der Waals surface area (Å²) in [7, 11) is 0. The third kappa shape index (κ3) is 4.72. The van der Waals surface area contributed by atoms with Crippen molar-refractivity contribution in [3.05, 3.63) is 29.8 Å². The van der Waals surface area contributed by atoms with Gasteiger partial charge in [0.05, 0.1) is 25.7 Å². The van der Waals surface area contributed by atoms with E-state index in [0.717, 1.165) is 24.4 Å². The van der Waals surface area contributed by atoms with Gasteiger partial charge in [0, 0.05) is 19.1 Å². The van der Waals surface area contributed by atoms with Crippen molar-refractivity contribution in [3.8, 4) is 5.75 Å². The van der Waals surface area contributed by atoms with Gasteiger partial charge in [-0.3, -0.25) is 9.69 Å². The first-order valence-corrected chi connectivity index (χ1v) is 7.36. The molecule has 1 fully saturated rings. The molecule has 1 atom stereocenters. The number of ether oxygens (including phenoxy) is 2. The first-order valence-electron chi connectivity index (χ1n) is 7.36. The number of rotatable bonds is 6. The van der Waals surface area contributed by atoms with E-state index in [1.54, 1.807) is 0 Å². The number of aliphatic carboxylic acids is 1. The molecule has 0 aliphatic carbocycles. The van der Waals surface area contributed by atoms with Crippen LogP contribution >= 0.6 is 0 Å². The van der Waals surface area contributed by atoms with Crippen LogP contribution in [0.15, 0.2) is 24.3 Å². The molecule has 1 unspecified atom stereocenters. The Morgan fingerprint density at radius 1 is 1.29 bits per heavy atom. The summed E-state index contributed by atoms with van der Waals surface area (Å²) in [5, 5.41) is 9.17. The fourth-order valence-corrected chi connectivity index (χ4v) is 2.55. The van der Waals surface area contributed by atoms with Crippen molar-refractivity contribution in [2.45, 2.75) is 32.4 Å². The molecule has 116 valence electrons. The normalized spacial score (nSPS) is 17.7. The van der Waals surface area contributed by atoms with Gasteiger partial charge in [-0.1, -0.05) is 12.1 Å². The zero-order chi connectivity index (χ0) is 15.2. The maximum Gasteiger partial charge on any atom is 0.305 e. The van der Waals surface area contributed by atoms with Crippen LogP contribution < -0.4 is 4.74 Å². The van der Waals surface area contributed by atoms with Crippen molar-refractivity contribution in [1.29, 1.82) is 0 Å². The van der Waals surface area contributed by atoms with E-state index in [0.29, 0.717) is 13.2 Å². The molecule has 5 nitrogen and oxygen atoms in total. The fraction of sp³-hybridized carbons (Fsp3) is 0.562. The molecule has 0 bridgehead atoms. The van der Waals surface area contributed by atoms with E-state index in [1.165, 1.54) is 0 Å². The van der Waals surface area contributed by atoms with Crippen molar-refractivity contribution in [2.75, 3.05) is 26.3 Å². The van der Waals surface area contributed by atoms with Crippen LogP contribution in [0.2, 0.25) is 0 Å². The maximum atomic E-state index is 11.2. The van der Waals surface area contributed by atoms with Gasteiger partial charge in [-0.15, -0.1) is 0 Å². The molecule has 1 saturated heterocycles. The van der Waals surface area contributed by atoms with Gasteiger partial charge in [-0.2, -0.15) is 0 Å². The molecule has 1 aliphatic rings. The Bertz CT molecular complexity index is 452. The highest BCUT2D eigenvalue weighted by molar-refractivity contribution is 5.68. The lowest BCUT2D eigenvalue weighted by atomic mass is 10.0. The monoisotopic (exact) mass is 293 g/mol. The number of hydrogen-bond donors (Lipinski definition) is 1. The van der Waals surface area contributed by atoms with Gasteiger partial charge >= 0.3 is 5.97 Å². The minimum absolute atomic E-state index is 0.102. The van der Waals surface area contributed by atoms with E-state index in [9.17, 15) is 4.79 Å². The summed E-state index contributed by atoms with van der Waals surface area (Å²) >= 11 is 0. The van der Waals surface area contributed by atoms with Crippen molar-refractivity contribution < 1.29 is 19.4 Å². The summed E-state index contributed by atoms with van der Waals surface area (Å²) in [6.45, 7) is 6.81. The fourth-order valence-electron chi connectivity index (χ4n) is 2.55. The number of carbonyl (C=O) groups is 1.